The average Bonchev–Trinajstić information content (AvgIpc) is 2.86. The predicted octanol–water partition coefficient (Wildman–Crippen LogP) is 3.70. The van der Waals surface area contributed by atoms with Crippen LogP contribution in [0.5, 0.6) is 0 Å². The van der Waals surface area contributed by atoms with E-state index in [1.165, 1.54) is 11.1 Å². The molecule has 1 aromatic carbocycles. The zero-order chi connectivity index (χ0) is 16.4. The van der Waals surface area contributed by atoms with E-state index in [1.54, 1.807) is 0 Å². The Morgan fingerprint density at radius 3 is 2.67 bits per heavy atom. The van der Waals surface area contributed by atoms with Crippen molar-refractivity contribution in [2.75, 3.05) is 32.5 Å². The molecule has 2 heterocycles. The molecule has 0 saturated carbocycles. The monoisotopic (exact) mass is 347 g/mol. The number of pyridine rings is 1. The number of rotatable bonds is 6. The van der Waals surface area contributed by atoms with Crippen LogP contribution in [-0.4, -0.2) is 46.8 Å². The largest absolute Gasteiger partial charge is 0.384 e. The molecule has 1 N–H and O–H groups in total. The van der Waals surface area contributed by atoms with E-state index in [2.05, 4.69) is 61.5 Å². The molecule has 6 heteroatoms. The van der Waals surface area contributed by atoms with Gasteiger partial charge in [0.05, 0.1) is 22.3 Å². The van der Waals surface area contributed by atoms with Crippen LogP contribution in [0.15, 0.2) is 24.3 Å². The molecule has 0 spiro atoms. The van der Waals surface area contributed by atoms with E-state index in [1.807, 2.05) is 10.7 Å². The Morgan fingerprint density at radius 2 is 1.96 bits per heavy atom. The van der Waals surface area contributed by atoms with Crippen LogP contribution in [0.25, 0.3) is 21.9 Å². The van der Waals surface area contributed by atoms with Crippen LogP contribution in [0, 0.1) is 6.92 Å². The Hall–Kier alpha value is -1.85. The Balaban J connectivity index is 0.00000208. The van der Waals surface area contributed by atoms with E-state index in [9.17, 15) is 0 Å². The van der Waals surface area contributed by atoms with Gasteiger partial charge >= 0.3 is 0 Å². The van der Waals surface area contributed by atoms with Gasteiger partial charge in [0.1, 0.15) is 0 Å². The Morgan fingerprint density at radius 1 is 1.21 bits per heavy atom. The molecule has 5 nitrogen and oxygen atoms in total. The highest BCUT2D eigenvalue weighted by molar-refractivity contribution is 6.07. The van der Waals surface area contributed by atoms with Crippen LogP contribution in [0.2, 0.25) is 0 Å². The highest BCUT2D eigenvalue weighted by Gasteiger charge is 2.15. The summed E-state index contributed by atoms with van der Waals surface area (Å²) in [6.07, 6.45) is 1.10. The van der Waals surface area contributed by atoms with Gasteiger partial charge < -0.3 is 10.2 Å². The van der Waals surface area contributed by atoms with Crippen molar-refractivity contribution in [2.24, 2.45) is 0 Å². The number of nitrogens with one attached hydrogen (secondary N) is 1. The van der Waals surface area contributed by atoms with Crippen molar-refractivity contribution in [1.82, 2.24) is 19.7 Å². The standard InChI is InChI=1S/C18H25N5.ClH/c1-5-23-18-16(13(2)21-23)17(19-11-8-12-22(3)4)14-9-6-7-10-15(14)20-18;/h6-7,9-10H,5,8,11-12H2,1-4H3,(H,19,20);1H. The molecule has 0 aliphatic rings. The SMILES string of the molecule is CCn1nc(C)c2c(NCCCN(C)C)c3ccccc3nc21.Cl. The van der Waals surface area contributed by atoms with Gasteiger partial charge in [0.25, 0.3) is 0 Å². The Kier molecular flexibility index (Phi) is 6.02. The van der Waals surface area contributed by atoms with E-state index in [0.29, 0.717) is 0 Å². The molecule has 130 valence electrons. The molecule has 2 aromatic heterocycles. The molecule has 0 atom stereocenters. The Bertz CT molecular complexity index is 825. The summed E-state index contributed by atoms with van der Waals surface area (Å²) in [5.41, 5.74) is 4.19. The lowest BCUT2D eigenvalue weighted by molar-refractivity contribution is 0.405. The molecule has 0 saturated heterocycles. The summed E-state index contributed by atoms with van der Waals surface area (Å²) >= 11 is 0. The molecule has 24 heavy (non-hydrogen) atoms. The van der Waals surface area contributed by atoms with Crippen molar-refractivity contribution in [3.63, 3.8) is 0 Å². The van der Waals surface area contributed by atoms with Gasteiger partial charge in [0.15, 0.2) is 5.65 Å². The number of aromatic nitrogens is 3. The maximum absolute atomic E-state index is 4.84. The lowest BCUT2D eigenvalue weighted by Crippen LogP contribution is -2.16. The molecular formula is C18H26ClN5. The molecule has 0 aliphatic carbocycles. The summed E-state index contributed by atoms with van der Waals surface area (Å²) < 4.78 is 1.99. The number of anilines is 1. The van der Waals surface area contributed by atoms with Crippen LogP contribution in [0.4, 0.5) is 5.69 Å². The van der Waals surface area contributed by atoms with Crippen LogP contribution in [-0.2, 0) is 6.54 Å². The molecule has 0 bridgehead atoms. The van der Waals surface area contributed by atoms with E-state index in [-0.39, 0.29) is 12.4 Å². The van der Waals surface area contributed by atoms with Crippen molar-refractivity contribution >= 4 is 40.0 Å². The number of hydrogen-bond acceptors (Lipinski definition) is 4. The molecule has 0 fully saturated rings. The second-order valence-electron chi connectivity index (χ2n) is 6.19. The minimum absolute atomic E-state index is 0. The van der Waals surface area contributed by atoms with Crippen molar-refractivity contribution in [3.05, 3.63) is 30.0 Å². The summed E-state index contributed by atoms with van der Waals surface area (Å²) in [6, 6.07) is 8.32. The maximum atomic E-state index is 4.84. The molecule has 0 unspecified atom stereocenters. The summed E-state index contributed by atoms with van der Waals surface area (Å²) in [6.45, 7) is 7.02. The first kappa shape index (κ1) is 18.5. The van der Waals surface area contributed by atoms with E-state index in [4.69, 9.17) is 4.98 Å². The fourth-order valence-electron chi connectivity index (χ4n) is 3.02. The predicted molar refractivity (Wildman–Crippen MR) is 104 cm³/mol. The number of benzene rings is 1. The lowest BCUT2D eigenvalue weighted by atomic mass is 10.1. The molecule has 3 aromatic rings. The van der Waals surface area contributed by atoms with Crippen LogP contribution >= 0.6 is 12.4 Å². The number of nitrogens with zero attached hydrogens (tertiary/aromatic N) is 4. The van der Waals surface area contributed by atoms with Gasteiger partial charge in [-0.3, -0.25) is 0 Å². The third-order valence-corrected chi connectivity index (χ3v) is 4.13. The van der Waals surface area contributed by atoms with Crippen LogP contribution < -0.4 is 5.32 Å². The van der Waals surface area contributed by atoms with Crippen molar-refractivity contribution in [3.8, 4) is 0 Å². The number of para-hydroxylation sites is 1. The van der Waals surface area contributed by atoms with Crippen molar-refractivity contribution < 1.29 is 0 Å². The van der Waals surface area contributed by atoms with E-state index < -0.39 is 0 Å². The second-order valence-corrected chi connectivity index (χ2v) is 6.19. The van der Waals surface area contributed by atoms with E-state index in [0.717, 1.165) is 48.3 Å². The topological polar surface area (TPSA) is 46.0 Å². The third-order valence-electron chi connectivity index (χ3n) is 4.13. The summed E-state index contributed by atoms with van der Waals surface area (Å²) in [5.74, 6) is 0. The fraction of sp³-hybridized carbons (Fsp3) is 0.444. The molecule has 0 amide bonds. The molecule has 0 radical (unpaired) electrons. The zero-order valence-corrected chi connectivity index (χ0v) is 15.7. The smallest absolute Gasteiger partial charge is 0.160 e. The third kappa shape index (κ3) is 3.47. The maximum Gasteiger partial charge on any atom is 0.160 e. The minimum atomic E-state index is 0. The van der Waals surface area contributed by atoms with Crippen LogP contribution in [0.1, 0.15) is 19.0 Å². The first-order valence-electron chi connectivity index (χ1n) is 8.26. The first-order valence-corrected chi connectivity index (χ1v) is 8.26. The van der Waals surface area contributed by atoms with E-state index >= 15 is 0 Å². The van der Waals surface area contributed by atoms with Gasteiger partial charge in [-0.25, -0.2) is 9.67 Å². The Labute approximate surface area is 149 Å². The number of aryl methyl sites for hydroxylation is 2. The summed E-state index contributed by atoms with van der Waals surface area (Å²) in [4.78, 5) is 7.05. The molecule has 0 aliphatic heterocycles. The summed E-state index contributed by atoms with van der Waals surface area (Å²) in [5, 5.41) is 10.6. The van der Waals surface area contributed by atoms with Gasteiger partial charge in [0, 0.05) is 18.5 Å². The zero-order valence-electron chi connectivity index (χ0n) is 14.8. The number of hydrogen-bond donors (Lipinski definition) is 1. The van der Waals surface area contributed by atoms with Gasteiger partial charge in [-0.15, -0.1) is 12.4 Å². The number of fused-ring (bicyclic) bond motifs is 2. The minimum Gasteiger partial charge on any atom is -0.384 e. The highest BCUT2D eigenvalue weighted by Crippen LogP contribution is 2.32. The van der Waals surface area contributed by atoms with Gasteiger partial charge in [0.2, 0.25) is 0 Å². The lowest BCUT2D eigenvalue weighted by Gasteiger charge is -2.13. The van der Waals surface area contributed by atoms with Gasteiger partial charge in [-0.1, -0.05) is 18.2 Å². The van der Waals surface area contributed by atoms with Crippen LogP contribution in [0.3, 0.4) is 0 Å². The van der Waals surface area contributed by atoms with Gasteiger partial charge in [-0.05, 0) is 47.0 Å². The number of halogens is 1. The average molecular weight is 348 g/mol. The van der Waals surface area contributed by atoms with Crippen molar-refractivity contribution in [1.29, 1.82) is 0 Å². The fourth-order valence-corrected chi connectivity index (χ4v) is 3.02. The normalized spacial score (nSPS) is 11.2. The molecular weight excluding hydrogens is 322 g/mol. The van der Waals surface area contributed by atoms with Gasteiger partial charge in [-0.2, -0.15) is 5.10 Å². The quantitative estimate of drug-likeness (QED) is 0.691. The second kappa shape index (κ2) is 7.81. The highest BCUT2D eigenvalue weighted by atomic mass is 35.5. The summed E-state index contributed by atoms with van der Waals surface area (Å²) in [7, 11) is 4.21. The molecule has 3 rings (SSSR count). The van der Waals surface area contributed by atoms with Crippen molar-refractivity contribution in [2.45, 2.75) is 26.8 Å². The first-order chi connectivity index (χ1) is 11.1.